The van der Waals surface area contributed by atoms with Gasteiger partial charge in [-0.15, -0.1) is 11.8 Å². The summed E-state index contributed by atoms with van der Waals surface area (Å²) in [5.74, 6) is 2.19. The Labute approximate surface area is 148 Å². The standard InChI is InChI=1S/C20H25NO2S/c1-15-7-9-19(10-8-15)23-12-17(3)21-20(22)14-24-13-18-6-4-5-16(2)11-18/h4-11,17H,12-14H2,1-3H3,(H,21,22)/t17-/m0/s1. The van der Waals surface area contributed by atoms with Crippen molar-refractivity contribution >= 4 is 17.7 Å². The van der Waals surface area contributed by atoms with Gasteiger partial charge in [0.15, 0.2) is 0 Å². The highest BCUT2D eigenvalue weighted by Gasteiger charge is 2.08. The van der Waals surface area contributed by atoms with E-state index in [4.69, 9.17) is 4.74 Å². The van der Waals surface area contributed by atoms with Gasteiger partial charge in [-0.05, 0) is 38.5 Å². The first-order chi connectivity index (χ1) is 11.5. The van der Waals surface area contributed by atoms with Gasteiger partial charge in [-0.1, -0.05) is 47.5 Å². The Morgan fingerprint density at radius 1 is 1.12 bits per heavy atom. The van der Waals surface area contributed by atoms with E-state index in [0.717, 1.165) is 11.5 Å². The van der Waals surface area contributed by atoms with Crippen LogP contribution in [0.15, 0.2) is 48.5 Å². The molecule has 1 atom stereocenters. The predicted octanol–water partition coefficient (Wildman–Crippen LogP) is 4.12. The van der Waals surface area contributed by atoms with Crippen molar-refractivity contribution < 1.29 is 9.53 Å². The maximum Gasteiger partial charge on any atom is 0.230 e. The molecule has 0 saturated heterocycles. The first-order valence-electron chi connectivity index (χ1n) is 8.15. The van der Waals surface area contributed by atoms with Gasteiger partial charge in [-0.3, -0.25) is 4.79 Å². The molecule has 2 aromatic rings. The SMILES string of the molecule is Cc1ccc(OC[C@H](C)NC(=O)CSCc2cccc(C)c2)cc1. The first-order valence-corrected chi connectivity index (χ1v) is 9.30. The quantitative estimate of drug-likeness (QED) is 0.783. The zero-order valence-corrected chi connectivity index (χ0v) is 15.4. The number of thioether (sulfide) groups is 1. The van der Waals surface area contributed by atoms with Crippen molar-refractivity contribution in [2.45, 2.75) is 32.6 Å². The summed E-state index contributed by atoms with van der Waals surface area (Å²) in [5, 5.41) is 2.97. The second kappa shape index (κ2) is 9.38. The van der Waals surface area contributed by atoms with E-state index in [-0.39, 0.29) is 11.9 Å². The largest absolute Gasteiger partial charge is 0.491 e. The summed E-state index contributed by atoms with van der Waals surface area (Å²) in [6.45, 7) is 6.55. The van der Waals surface area contributed by atoms with Crippen LogP contribution in [-0.4, -0.2) is 24.3 Å². The van der Waals surface area contributed by atoms with Crippen molar-refractivity contribution in [1.29, 1.82) is 0 Å². The van der Waals surface area contributed by atoms with Gasteiger partial charge < -0.3 is 10.1 Å². The maximum atomic E-state index is 12.0. The van der Waals surface area contributed by atoms with Crippen LogP contribution in [0.5, 0.6) is 5.75 Å². The van der Waals surface area contributed by atoms with Crippen LogP contribution in [-0.2, 0) is 10.5 Å². The Bertz CT molecular complexity index is 655. The van der Waals surface area contributed by atoms with Crippen LogP contribution in [0.25, 0.3) is 0 Å². The number of aryl methyl sites for hydroxylation is 2. The van der Waals surface area contributed by atoms with Crippen LogP contribution >= 0.6 is 11.8 Å². The van der Waals surface area contributed by atoms with E-state index in [1.807, 2.05) is 38.1 Å². The monoisotopic (exact) mass is 343 g/mol. The molecule has 1 N–H and O–H groups in total. The van der Waals surface area contributed by atoms with Gasteiger partial charge in [0.05, 0.1) is 11.8 Å². The number of rotatable bonds is 8. The molecule has 4 heteroatoms. The van der Waals surface area contributed by atoms with E-state index in [2.05, 4.69) is 36.5 Å². The molecule has 0 radical (unpaired) electrons. The Kier molecular flexibility index (Phi) is 7.19. The maximum absolute atomic E-state index is 12.0. The van der Waals surface area contributed by atoms with Gasteiger partial charge in [0.2, 0.25) is 5.91 Å². The lowest BCUT2D eigenvalue weighted by Crippen LogP contribution is -2.37. The number of amides is 1. The molecule has 1 amide bonds. The van der Waals surface area contributed by atoms with Crippen molar-refractivity contribution in [2.24, 2.45) is 0 Å². The number of nitrogens with one attached hydrogen (secondary N) is 1. The van der Waals surface area contributed by atoms with E-state index in [1.165, 1.54) is 16.7 Å². The molecule has 0 unspecified atom stereocenters. The zero-order chi connectivity index (χ0) is 17.4. The number of hydrogen-bond donors (Lipinski definition) is 1. The molecule has 0 aromatic heterocycles. The number of hydrogen-bond acceptors (Lipinski definition) is 3. The highest BCUT2D eigenvalue weighted by atomic mass is 32.2. The molecule has 0 aliphatic rings. The van der Waals surface area contributed by atoms with Crippen molar-refractivity contribution in [1.82, 2.24) is 5.32 Å². The minimum absolute atomic E-state index is 0.0154. The first kappa shape index (κ1) is 18.4. The molecule has 128 valence electrons. The van der Waals surface area contributed by atoms with Crippen LogP contribution in [0.2, 0.25) is 0 Å². The topological polar surface area (TPSA) is 38.3 Å². The molecule has 0 aliphatic heterocycles. The lowest BCUT2D eigenvalue weighted by Gasteiger charge is -2.15. The average Bonchev–Trinajstić information content (AvgIpc) is 2.54. The van der Waals surface area contributed by atoms with Crippen molar-refractivity contribution in [3.63, 3.8) is 0 Å². The number of carbonyl (C=O) groups is 1. The lowest BCUT2D eigenvalue weighted by atomic mass is 10.2. The van der Waals surface area contributed by atoms with E-state index < -0.39 is 0 Å². The fourth-order valence-electron chi connectivity index (χ4n) is 2.28. The van der Waals surface area contributed by atoms with Crippen molar-refractivity contribution in [3.8, 4) is 5.75 Å². The third-order valence-electron chi connectivity index (χ3n) is 3.51. The van der Waals surface area contributed by atoms with E-state index in [0.29, 0.717) is 12.4 Å². The molecule has 0 saturated carbocycles. The molecule has 0 spiro atoms. The molecule has 2 rings (SSSR count). The van der Waals surface area contributed by atoms with Gasteiger partial charge in [-0.2, -0.15) is 0 Å². The predicted molar refractivity (Wildman–Crippen MR) is 102 cm³/mol. The molecule has 0 bridgehead atoms. The second-order valence-corrected chi connectivity index (χ2v) is 7.06. The van der Waals surface area contributed by atoms with Gasteiger partial charge in [-0.25, -0.2) is 0 Å². The molecule has 3 nitrogen and oxygen atoms in total. The zero-order valence-electron chi connectivity index (χ0n) is 14.5. The summed E-state index contributed by atoms with van der Waals surface area (Å²) < 4.78 is 5.69. The fraction of sp³-hybridized carbons (Fsp3) is 0.350. The second-order valence-electron chi connectivity index (χ2n) is 6.07. The van der Waals surface area contributed by atoms with E-state index >= 15 is 0 Å². The van der Waals surface area contributed by atoms with Crippen LogP contribution < -0.4 is 10.1 Å². The van der Waals surface area contributed by atoms with E-state index in [9.17, 15) is 4.79 Å². The molecular weight excluding hydrogens is 318 g/mol. The molecule has 0 aliphatic carbocycles. The van der Waals surface area contributed by atoms with Crippen LogP contribution in [0.4, 0.5) is 0 Å². The van der Waals surface area contributed by atoms with Crippen LogP contribution in [0.3, 0.4) is 0 Å². The van der Waals surface area contributed by atoms with Gasteiger partial charge in [0.25, 0.3) is 0 Å². The summed E-state index contributed by atoms with van der Waals surface area (Å²) in [6, 6.07) is 16.3. The van der Waals surface area contributed by atoms with Gasteiger partial charge in [0, 0.05) is 5.75 Å². The highest BCUT2D eigenvalue weighted by Crippen LogP contribution is 2.14. The third kappa shape index (κ3) is 6.67. The minimum atomic E-state index is -0.0154. The average molecular weight is 343 g/mol. The summed E-state index contributed by atoms with van der Waals surface area (Å²) in [4.78, 5) is 12.0. The molecular formula is C20H25NO2S. The number of ether oxygens (including phenoxy) is 1. The van der Waals surface area contributed by atoms with Gasteiger partial charge in [0.1, 0.15) is 12.4 Å². The third-order valence-corrected chi connectivity index (χ3v) is 4.52. The van der Waals surface area contributed by atoms with Gasteiger partial charge >= 0.3 is 0 Å². The fourth-order valence-corrected chi connectivity index (χ4v) is 3.06. The summed E-state index contributed by atoms with van der Waals surface area (Å²) in [7, 11) is 0. The van der Waals surface area contributed by atoms with Crippen molar-refractivity contribution in [2.75, 3.05) is 12.4 Å². The molecule has 2 aromatic carbocycles. The minimum Gasteiger partial charge on any atom is -0.491 e. The molecule has 0 fully saturated rings. The Morgan fingerprint density at radius 3 is 2.58 bits per heavy atom. The molecule has 0 heterocycles. The smallest absolute Gasteiger partial charge is 0.230 e. The van der Waals surface area contributed by atoms with Crippen molar-refractivity contribution in [3.05, 3.63) is 65.2 Å². The lowest BCUT2D eigenvalue weighted by molar-refractivity contribution is -0.119. The van der Waals surface area contributed by atoms with E-state index in [1.54, 1.807) is 11.8 Å². The van der Waals surface area contributed by atoms with Crippen LogP contribution in [0.1, 0.15) is 23.6 Å². The Balaban J connectivity index is 1.65. The Morgan fingerprint density at radius 2 is 1.88 bits per heavy atom. The van der Waals surface area contributed by atoms with Crippen LogP contribution in [0, 0.1) is 13.8 Å². The molecule has 24 heavy (non-hydrogen) atoms. The summed E-state index contributed by atoms with van der Waals surface area (Å²) in [5.41, 5.74) is 3.71. The number of benzene rings is 2. The summed E-state index contributed by atoms with van der Waals surface area (Å²) >= 11 is 1.63. The number of carbonyl (C=O) groups excluding carboxylic acids is 1. The normalized spacial score (nSPS) is 11.8. The summed E-state index contributed by atoms with van der Waals surface area (Å²) in [6.07, 6.45) is 0. The Hall–Kier alpha value is -1.94. The highest BCUT2D eigenvalue weighted by molar-refractivity contribution is 7.99.